The smallest absolute Gasteiger partial charge is 0.220 e. The zero-order valence-corrected chi connectivity index (χ0v) is 19.3. The lowest BCUT2D eigenvalue weighted by atomic mass is 9.89. The van der Waals surface area contributed by atoms with Crippen molar-refractivity contribution in [1.29, 1.82) is 0 Å². The van der Waals surface area contributed by atoms with E-state index in [1.165, 1.54) is 12.8 Å². The molecule has 166 valence electrons. The zero-order chi connectivity index (χ0) is 19.1. The molecule has 7 heteroatoms. The van der Waals surface area contributed by atoms with E-state index in [0.717, 1.165) is 43.8 Å². The summed E-state index contributed by atoms with van der Waals surface area (Å²) in [5, 5.41) is 6.72. The van der Waals surface area contributed by atoms with Crippen LogP contribution in [0.15, 0.2) is 24.3 Å². The number of amides is 1. The third-order valence-electron chi connectivity index (χ3n) is 6.03. The molecule has 0 aliphatic carbocycles. The standard InChI is InChI=1S/C22H35N3O2.2ClH/c1-3-25(4-2)11-12-27-21-9-5-17(6-10-21)16-23-22(26)15-18-13-19-7-8-20(14-18)24-19;;/h5-6,9-10,18-20,24H,3-4,7-8,11-16H2,1-2H3,(H,23,26);2*1H. The van der Waals surface area contributed by atoms with Crippen molar-refractivity contribution in [3.05, 3.63) is 29.8 Å². The van der Waals surface area contributed by atoms with E-state index in [0.29, 0.717) is 37.6 Å². The third-order valence-corrected chi connectivity index (χ3v) is 6.03. The van der Waals surface area contributed by atoms with E-state index in [1.54, 1.807) is 0 Å². The summed E-state index contributed by atoms with van der Waals surface area (Å²) in [5.74, 6) is 1.62. The first-order valence-corrected chi connectivity index (χ1v) is 10.6. The van der Waals surface area contributed by atoms with Gasteiger partial charge in [-0.25, -0.2) is 0 Å². The highest BCUT2D eigenvalue weighted by Crippen LogP contribution is 2.32. The third kappa shape index (κ3) is 8.33. The second kappa shape index (κ2) is 13.3. The quantitative estimate of drug-likeness (QED) is 0.574. The number of rotatable bonds is 10. The van der Waals surface area contributed by atoms with Gasteiger partial charge in [0.05, 0.1) is 0 Å². The molecule has 5 nitrogen and oxygen atoms in total. The van der Waals surface area contributed by atoms with Crippen LogP contribution in [-0.4, -0.2) is 49.1 Å². The molecule has 1 aromatic rings. The number of likely N-dealkylation sites (N-methyl/N-ethyl adjacent to an activating group) is 1. The number of nitrogens with one attached hydrogen (secondary N) is 2. The number of hydrogen-bond donors (Lipinski definition) is 2. The Morgan fingerprint density at radius 1 is 1.10 bits per heavy atom. The highest BCUT2D eigenvalue weighted by atomic mass is 35.5. The summed E-state index contributed by atoms with van der Waals surface area (Å²) in [4.78, 5) is 14.6. The predicted octanol–water partition coefficient (Wildman–Crippen LogP) is 3.79. The van der Waals surface area contributed by atoms with E-state index in [9.17, 15) is 4.79 Å². The number of piperidine rings is 1. The summed E-state index contributed by atoms with van der Waals surface area (Å²) >= 11 is 0. The fourth-order valence-electron chi connectivity index (χ4n) is 4.41. The summed E-state index contributed by atoms with van der Waals surface area (Å²) in [6.45, 7) is 8.69. The van der Waals surface area contributed by atoms with Crippen LogP contribution in [0.3, 0.4) is 0 Å². The van der Waals surface area contributed by atoms with Crippen LogP contribution in [0.25, 0.3) is 0 Å². The first-order chi connectivity index (χ1) is 13.2. The van der Waals surface area contributed by atoms with E-state index < -0.39 is 0 Å². The van der Waals surface area contributed by atoms with Gasteiger partial charge < -0.3 is 20.3 Å². The molecule has 2 bridgehead atoms. The van der Waals surface area contributed by atoms with Crippen LogP contribution in [0.4, 0.5) is 0 Å². The van der Waals surface area contributed by atoms with Crippen LogP contribution in [-0.2, 0) is 11.3 Å². The molecule has 2 aliphatic rings. The Labute approximate surface area is 188 Å². The molecule has 2 fully saturated rings. The van der Waals surface area contributed by atoms with Gasteiger partial charge in [-0.05, 0) is 62.4 Å². The molecule has 2 saturated heterocycles. The number of ether oxygens (including phenoxy) is 1. The van der Waals surface area contributed by atoms with Crippen molar-refractivity contribution < 1.29 is 9.53 Å². The van der Waals surface area contributed by atoms with Crippen molar-refractivity contribution in [3.8, 4) is 5.75 Å². The lowest BCUT2D eigenvalue weighted by Crippen LogP contribution is -2.39. The summed E-state index contributed by atoms with van der Waals surface area (Å²) in [6, 6.07) is 9.37. The number of carbonyl (C=O) groups is 1. The molecule has 0 spiro atoms. The molecule has 29 heavy (non-hydrogen) atoms. The molecule has 0 saturated carbocycles. The minimum atomic E-state index is 0. The van der Waals surface area contributed by atoms with E-state index in [4.69, 9.17) is 4.74 Å². The maximum absolute atomic E-state index is 12.3. The van der Waals surface area contributed by atoms with Crippen LogP contribution in [0.2, 0.25) is 0 Å². The SMILES string of the molecule is CCN(CC)CCOc1ccc(CNC(=O)CC2CC3CCC(C2)N3)cc1.Cl.Cl. The number of nitrogens with zero attached hydrogens (tertiary/aromatic N) is 1. The topological polar surface area (TPSA) is 53.6 Å². The highest BCUT2D eigenvalue weighted by molar-refractivity contribution is 5.85. The van der Waals surface area contributed by atoms with E-state index in [1.807, 2.05) is 24.3 Å². The number of benzene rings is 1. The molecule has 1 aromatic carbocycles. The Kier molecular flexibility index (Phi) is 12.0. The van der Waals surface area contributed by atoms with Gasteiger partial charge in [0.1, 0.15) is 12.4 Å². The monoisotopic (exact) mass is 445 g/mol. The second-order valence-corrected chi connectivity index (χ2v) is 7.98. The Bertz CT molecular complexity index is 584. The Hall–Kier alpha value is -1.01. The molecule has 2 heterocycles. The largest absolute Gasteiger partial charge is 0.492 e. The normalized spacial score (nSPS) is 22.5. The van der Waals surface area contributed by atoms with Crippen LogP contribution in [0.1, 0.15) is 51.5 Å². The summed E-state index contributed by atoms with van der Waals surface area (Å²) in [6.07, 6.45) is 5.55. The maximum Gasteiger partial charge on any atom is 0.220 e. The molecule has 2 aliphatic heterocycles. The maximum atomic E-state index is 12.3. The van der Waals surface area contributed by atoms with Crippen molar-refractivity contribution in [2.45, 2.75) is 64.6 Å². The molecule has 0 radical (unpaired) electrons. The minimum Gasteiger partial charge on any atom is -0.492 e. The lowest BCUT2D eigenvalue weighted by molar-refractivity contribution is -0.122. The van der Waals surface area contributed by atoms with E-state index >= 15 is 0 Å². The molecule has 3 rings (SSSR count). The van der Waals surface area contributed by atoms with Gasteiger partial charge >= 0.3 is 0 Å². The molecule has 2 unspecified atom stereocenters. The van der Waals surface area contributed by atoms with Gasteiger partial charge in [-0.2, -0.15) is 0 Å². The van der Waals surface area contributed by atoms with Crippen LogP contribution < -0.4 is 15.4 Å². The van der Waals surface area contributed by atoms with Crippen LogP contribution in [0, 0.1) is 5.92 Å². The highest BCUT2D eigenvalue weighted by Gasteiger charge is 2.34. The Morgan fingerprint density at radius 3 is 2.31 bits per heavy atom. The average molecular weight is 446 g/mol. The fraction of sp³-hybridized carbons (Fsp3) is 0.682. The molecule has 2 N–H and O–H groups in total. The van der Waals surface area contributed by atoms with Gasteiger partial charge in [-0.1, -0.05) is 26.0 Å². The lowest BCUT2D eigenvalue weighted by Gasteiger charge is -2.28. The van der Waals surface area contributed by atoms with Crippen molar-refractivity contribution in [1.82, 2.24) is 15.5 Å². The zero-order valence-electron chi connectivity index (χ0n) is 17.7. The van der Waals surface area contributed by atoms with Crippen molar-refractivity contribution in [2.24, 2.45) is 5.92 Å². The van der Waals surface area contributed by atoms with Crippen molar-refractivity contribution in [3.63, 3.8) is 0 Å². The number of halogens is 2. The number of hydrogen-bond acceptors (Lipinski definition) is 4. The average Bonchev–Trinajstić information content (AvgIpc) is 3.03. The van der Waals surface area contributed by atoms with Crippen molar-refractivity contribution >= 4 is 30.7 Å². The van der Waals surface area contributed by atoms with Crippen molar-refractivity contribution in [2.75, 3.05) is 26.2 Å². The molecule has 1 amide bonds. The Morgan fingerprint density at radius 2 is 1.72 bits per heavy atom. The first-order valence-electron chi connectivity index (χ1n) is 10.6. The second-order valence-electron chi connectivity index (χ2n) is 7.98. The van der Waals surface area contributed by atoms with Crippen LogP contribution >= 0.6 is 24.8 Å². The van der Waals surface area contributed by atoms with E-state index in [-0.39, 0.29) is 30.7 Å². The minimum absolute atomic E-state index is 0. The molecular weight excluding hydrogens is 409 g/mol. The Balaban J connectivity index is 0.00000210. The van der Waals surface area contributed by atoms with Crippen LogP contribution in [0.5, 0.6) is 5.75 Å². The number of carbonyl (C=O) groups excluding carboxylic acids is 1. The number of fused-ring (bicyclic) bond motifs is 2. The molecule has 0 aromatic heterocycles. The van der Waals surface area contributed by atoms with Gasteiger partial charge in [0, 0.05) is 31.6 Å². The van der Waals surface area contributed by atoms with Gasteiger partial charge in [0.15, 0.2) is 0 Å². The molecular formula is C22H37Cl2N3O2. The van der Waals surface area contributed by atoms with Gasteiger partial charge in [-0.15, -0.1) is 24.8 Å². The van der Waals surface area contributed by atoms with Gasteiger partial charge in [0.2, 0.25) is 5.91 Å². The van der Waals surface area contributed by atoms with E-state index in [2.05, 4.69) is 29.4 Å². The fourth-order valence-corrected chi connectivity index (χ4v) is 4.41. The summed E-state index contributed by atoms with van der Waals surface area (Å²) in [7, 11) is 0. The molecule has 2 atom stereocenters. The summed E-state index contributed by atoms with van der Waals surface area (Å²) in [5.41, 5.74) is 1.12. The van der Waals surface area contributed by atoms with Gasteiger partial charge in [-0.3, -0.25) is 4.79 Å². The summed E-state index contributed by atoms with van der Waals surface area (Å²) < 4.78 is 5.81. The predicted molar refractivity (Wildman–Crippen MR) is 123 cm³/mol. The first kappa shape index (κ1) is 26.0. The van der Waals surface area contributed by atoms with Gasteiger partial charge in [0.25, 0.3) is 0 Å².